The van der Waals surface area contributed by atoms with Gasteiger partial charge < -0.3 is 15.8 Å². The van der Waals surface area contributed by atoms with Crippen molar-refractivity contribution >= 4 is 11.9 Å². The number of nitrogens with zero attached hydrogens (tertiary/aromatic N) is 2. The Hall–Kier alpha value is -1.30. The van der Waals surface area contributed by atoms with E-state index >= 15 is 0 Å². The number of rotatable bonds is 5. The smallest absolute Gasteiger partial charge is 0.243 e. The summed E-state index contributed by atoms with van der Waals surface area (Å²) in [4.78, 5) is 3.87. The number of nitrogen functional groups attached to an aromatic ring is 1. The van der Waals surface area contributed by atoms with E-state index in [4.69, 9.17) is 10.5 Å². The number of nitrogens with one attached hydrogen (secondary N) is 2. The van der Waals surface area contributed by atoms with Crippen LogP contribution in [-0.4, -0.2) is 34.4 Å². The fourth-order valence-corrected chi connectivity index (χ4v) is 0.811. The molecule has 0 atom stereocenters. The molecule has 0 amide bonds. The summed E-state index contributed by atoms with van der Waals surface area (Å²) >= 11 is 0. The highest BCUT2D eigenvalue weighted by atomic mass is 16.5. The number of aromatic nitrogens is 3. The molecular weight excluding hydrogens is 170 g/mol. The third kappa shape index (κ3) is 3.75. The zero-order valence-electron chi connectivity index (χ0n) is 7.87. The molecule has 4 N–H and O–H groups in total. The van der Waals surface area contributed by atoms with E-state index in [-0.39, 0.29) is 6.10 Å². The summed E-state index contributed by atoms with van der Waals surface area (Å²) in [5.41, 5.74) is 5.33. The van der Waals surface area contributed by atoms with Crippen LogP contribution >= 0.6 is 0 Å². The number of H-pyrrole nitrogens is 1. The fourth-order valence-electron chi connectivity index (χ4n) is 0.811. The van der Waals surface area contributed by atoms with Crippen molar-refractivity contribution in [3.8, 4) is 0 Å². The average molecular weight is 185 g/mol. The molecule has 1 rings (SSSR count). The molecule has 0 aliphatic heterocycles. The Balaban J connectivity index is 2.13. The summed E-state index contributed by atoms with van der Waals surface area (Å²) in [7, 11) is 0. The maximum absolute atomic E-state index is 5.33. The molecule has 74 valence electrons. The third-order valence-electron chi connectivity index (χ3n) is 1.34. The number of hydrogen-bond acceptors (Lipinski definition) is 5. The van der Waals surface area contributed by atoms with Crippen molar-refractivity contribution in [1.82, 2.24) is 15.2 Å². The monoisotopic (exact) mass is 185 g/mol. The van der Waals surface area contributed by atoms with Gasteiger partial charge in [0.05, 0.1) is 12.7 Å². The zero-order valence-corrected chi connectivity index (χ0v) is 7.87. The average Bonchev–Trinajstić information content (AvgIpc) is 2.45. The maximum Gasteiger partial charge on any atom is 0.243 e. The van der Waals surface area contributed by atoms with Crippen LogP contribution in [0.4, 0.5) is 11.9 Å². The molecule has 0 spiro atoms. The van der Waals surface area contributed by atoms with Gasteiger partial charge in [0.2, 0.25) is 11.9 Å². The first kappa shape index (κ1) is 9.79. The molecule has 6 nitrogen and oxygen atoms in total. The quantitative estimate of drug-likeness (QED) is 0.571. The lowest BCUT2D eigenvalue weighted by Crippen LogP contribution is -2.13. The van der Waals surface area contributed by atoms with Crippen LogP contribution in [0, 0.1) is 0 Å². The van der Waals surface area contributed by atoms with E-state index in [1.807, 2.05) is 13.8 Å². The van der Waals surface area contributed by atoms with Gasteiger partial charge in [-0.1, -0.05) is 0 Å². The highest BCUT2D eigenvalue weighted by Gasteiger charge is 1.98. The molecule has 0 bridgehead atoms. The van der Waals surface area contributed by atoms with Crippen LogP contribution < -0.4 is 11.1 Å². The van der Waals surface area contributed by atoms with Gasteiger partial charge in [0.15, 0.2) is 0 Å². The van der Waals surface area contributed by atoms with Crippen molar-refractivity contribution in [1.29, 1.82) is 0 Å². The second-order valence-electron chi connectivity index (χ2n) is 2.89. The molecule has 1 aromatic heterocycles. The topological polar surface area (TPSA) is 88.8 Å². The predicted octanol–water partition coefficient (Wildman–Crippen LogP) is 0.224. The summed E-state index contributed by atoms with van der Waals surface area (Å²) in [5, 5.41) is 9.30. The summed E-state index contributed by atoms with van der Waals surface area (Å²) in [6.45, 7) is 5.29. The molecule has 1 aromatic rings. The minimum atomic E-state index is 0.249. The molecule has 0 aromatic carbocycles. The Bertz CT molecular complexity index is 247. The predicted molar refractivity (Wildman–Crippen MR) is 50.4 cm³/mol. The molecule has 0 saturated heterocycles. The zero-order chi connectivity index (χ0) is 9.68. The number of ether oxygens (including phenoxy) is 1. The van der Waals surface area contributed by atoms with Crippen molar-refractivity contribution in [3.63, 3.8) is 0 Å². The minimum Gasteiger partial charge on any atom is -0.377 e. The lowest BCUT2D eigenvalue weighted by atomic mass is 10.5. The lowest BCUT2D eigenvalue weighted by Gasteiger charge is -2.06. The fraction of sp³-hybridized carbons (Fsp3) is 0.714. The summed E-state index contributed by atoms with van der Waals surface area (Å²) < 4.78 is 5.31. The maximum atomic E-state index is 5.33. The van der Waals surface area contributed by atoms with E-state index in [2.05, 4.69) is 20.5 Å². The van der Waals surface area contributed by atoms with Gasteiger partial charge in [-0.05, 0) is 13.8 Å². The number of hydrogen-bond donors (Lipinski definition) is 3. The van der Waals surface area contributed by atoms with E-state index in [1.54, 1.807) is 0 Å². The Morgan fingerprint density at radius 2 is 2.38 bits per heavy atom. The standard InChI is InChI=1S/C7H15N5O/c1-5(2)13-4-3-9-7-10-6(8)11-12-7/h5H,3-4H2,1-2H3,(H4,8,9,10,11,12). The van der Waals surface area contributed by atoms with E-state index in [9.17, 15) is 0 Å². The van der Waals surface area contributed by atoms with Gasteiger partial charge in [0, 0.05) is 6.54 Å². The molecular formula is C7H15N5O. The highest BCUT2D eigenvalue weighted by molar-refractivity contribution is 5.29. The number of aromatic amines is 1. The Morgan fingerprint density at radius 3 is 2.92 bits per heavy atom. The third-order valence-corrected chi connectivity index (χ3v) is 1.34. The van der Waals surface area contributed by atoms with Crippen LogP contribution in [-0.2, 0) is 4.74 Å². The van der Waals surface area contributed by atoms with Gasteiger partial charge in [0.25, 0.3) is 0 Å². The first-order valence-electron chi connectivity index (χ1n) is 4.22. The largest absolute Gasteiger partial charge is 0.377 e. The molecule has 0 aliphatic carbocycles. The van der Waals surface area contributed by atoms with E-state index < -0.39 is 0 Å². The van der Waals surface area contributed by atoms with Gasteiger partial charge in [0.1, 0.15) is 0 Å². The van der Waals surface area contributed by atoms with Crippen LogP contribution in [0.5, 0.6) is 0 Å². The Labute approximate surface area is 76.9 Å². The molecule has 0 radical (unpaired) electrons. The van der Waals surface area contributed by atoms with Gasteiger partial charge in [-0.3, -0.25) is 0 Å². The molecule has 0 fully saturated rings. The molecule has 6 heteroatoms. The highest BCUT2D eigenvalue weighted by Crippen LogP contribution is 1.97. The second kappa shape index (κ2) is 4.66. The van der Waals surface area contributed by atoms with Crippen molar-refractivity contribution in [2.24, 2.45) is 0 Å². The minimum absolute atomic E-state index is 0.249. The summed E-state index contributed by atoms with van der Waals surface area (Å²) in [6.07, 6.45) is 0.249. The first-order chi connectivity index (χ1) is 6.18. The van der Waals surface area contributed by atoms with E-state index in [0.717, 1.165) is 0 Å². The van der Waals surface area contributed by atoms with E-state index in [1.165, 1.54) is 0 Å². The van der Waals surface area contributed by atoms with Gasteiger partial charge >= 0.3 is 0 Å². The summed E-state index contributed by atoms with van der Waals surface area (Å²) in [6, 6.07) is 0. The van der Waals surface area contributed by atoms with Crippen molar-refractivity contribution in [2.45, 2.75) is 20.0 Å². The molecule has 0 aliphatic rings. The Morgan fingerprint density at radius 1 is 1.62 bits per heavy atom. The molecule has 0 unspecified atom stereocenters. The molecule has 1 heterocycles. The van der Waals surface area contributed by atoms with Crippen LogP contribution in [0.25, 0.3) is 0 Å². The van der Waals surface area contributed by atoms with Crippen LogP contribution in [0.1, 0.15) is 13.8 Å². The first-order valence-corrected chi connectivity index (χ1v) is 4.22. The van der Waals surface area contributed by atoms with Crippen LogP contribution in [0.15, 0.2) is 0 Å². The SMILES string of the molecule is CC(C)OCCNc1n[nH]c(N)n1. The van der Waals surface area contributed by atoms with Crippen LogP contribution in [0.3, 0.4) is 0 Å². The molecule has 13 heavy (non-hydrogen) atoms. The van der Waals surface area contributed by atoms with Gasteiger partial charge in [-0.2, -0.15) is 4.98 Å². The lowest BCUT2D eigenvalue weighted by molar-refractivity contribution is 0.0870. The van der Waals surface area contributed by atoms with Gasteiger partial charge in [-0.15, -0.1) is 5.10 Å². The summed E-state index contributed by atoms with van der Waals surface area (Å²) in [5.74, 6) is 0.817. The second-order valence-corrected chi connectivity index (χ2v) is 2.89. The molecule has 0 saturated carbocycles. The van der Waals surface area contributed by atoms with Crippen LogP contribution in [0.2, 0.25) is 0 Å². The van der Waals surface area contributed by atoms with Crippen molar-refractivity contribution in [2.75, 3.05) is 24.2 Å². The van der Waals surface area contributed by atoms with Crippen molar-refractivity contribution in [3.05, 3.63) is 0 Å². The Kier molecular flexibility index (Phi) is 3.51. The van der Waals surface area contributed by atoms with Crippen molar-refractivity contribution < 1.29 is 4.74 Å². The number of nitrogens with two attached hydrogens (primary N) is 1. The normalized spacial score (nSPS) is 10.7. The number of anilines is 2. The van der Waals surface area contributed by atoms with Gasteiger partial charge in [-0.25, -0.2) is 5.10 Å². The van der Waals surface area contributed by atoms with E-state index in [0.29, 0.717) is 25.0 Å².